The summed E-state index contributed by atoms with van der Waals surface area (Å²) in [7, 11) is 1.62. The van der Waals surface area contributed by atoms with Gasteiger partial charge in [-0.05, 0) is 42.4 Å². The van der Waals surface area contributed by atoms with Crippen molar-refractivity contribution in [1.29, 1.82) is 0 Å². The predicted molar refractivity (Wildman–Crippen MR) is 189 cm³/mol. The van der Waals surface area contributed by atoms with E-state index < -0.39 is 36.4 Å². The highest BCUT2D eigenvalue weighted by atomic mass is 32.1. The Balaban J connectivity index is 1.47. The lowest BCUT2D eigenvalue weighted by atomic mass is 9.93. The fourth-order valence-electron chi connectivity index (χ4n) is 5.30. The number of thiazole rings is 1. The molecule has 0 bridgehead atoms. The van der Waals surface area contributed by atoms with Gasteiger partial charge in [-0.3, -0.25) is 9.78 Å². The Bertz CT molecular complexity index is 1610. The zero-order valence-electron chi connectivity index (χ0n) is 28.0. The normalized spacial score (nSPS) is 13.5. The summed E-state index contributed by atoms with van der Waals surface area (Å²) in [6.07, 6.45) is 2.36. The Labute approximate surface area is 291 Å². The number of carbonyl (C=O) groups is 3. The molecule has 0 aliphatic heterocycles. The zero-order valence-corrected chi connectivity index (χ0v) is 28.8. The Morgan fingerprint density at radius 1 is 0.918 bits per heavy atom. The number of nitrogen functional groups attached to an aromatic ring is 1. The second-order valence-corrected chi connectivity index (χ2v) is 13.2. The number of aromatic nitrogens is 2. The summed E-state index contributed by atoms with van der Waals surface area (Å²) >= 11 is 1.29. The van der Waals surface area contributed by atoms with Crippen LogP contribution in [0, 0.1) is 5.92 Å². The van der Waals surface area contributed by atoms with Crippen LogP contribution in [0.5, 0.6) is 0 Å². The number of anilines is 1. The third kappa shape index (κ3) is 12.2. The first-order valence-corrected chi connectivity index (χ1v) is 17.0. The molecular formula is C36H45N7O5S. The first-order chi connectivity index (χ1) is 23.6. The van der Waals surface area contributed by atoms with Gasteiger partial charge in [-0.2, -0.15) is 0 Å². The molecule has 260 valence electrons. The van der Waals surface area contributed by atoms with Crippen LogP contribution >= 0.6 is 11.3 Å². The second-order valence-electron chi connectivity index (χ2n) is 12.3. The molecule has 0 fully saturated rings. The molecular weight excluding hydrogens is 643 g/mol. The molecule has 4 aromatic rings. The molecule has 12 nitrogen and oxygen atoms in total. The largest absolute Gasteiger partial charge is 0.445 e. The van der Waals surface area contributed by atoms with E-state index >= 15 is 0 Å². The van der Waals surface area contributed by atoms with Crippen LogP contribution in [0.2, 0.25) is 0 Å². The number of pyridine rings is 1. The molecule has 0 saturated carbocycles. The van der Waals surface area contributed by atoms with Crippen LogP contribution in [0.3, 0.4) is 0 Å². The number of nitrogens with zero attached hydrogens (tertiary/aromatic N) is 3. The van der Waals surface area contributed by atoms with Gasteiger partial charge in [-0.1, -0.05) is 80.6 Å². The molecule has 6 N–H and O–H groups in total. The Morgan fingerprint density at radius 2 is 1.57 bits per heavy atom. The van der Waals surface area contributed by atoms with E-state index in [1.807, 2.05) is 74.5 Å². The molecule has 0 saturated heterocycles. The van der Waals surface area contributed by atoms with Crippen LogP contribution in [0.4, 0.5) is 14.7 Å². The number of aliphatic hydroxyl groups excluding tert-OH is 1. The summed E-state index contributed by atoms with van der Waals surface area (Å²) in [5, 5.41) is 22.6. The molecule has 2 heterocycles. The van der Waals surface area contributed by atoms with Gasteiger partial charge in [0.2, 0.25) is 5.91 Å². The highest BCUT2D eigenvalue weighted by Gasteiger charge is 2.31. The van der Waals surface area contributed by atoms with Crippen LogP contribution in [0.15, 0.2) is 90.6 Å². The number of nitrogens with one attached hydrogen (secondary N) is 3. The van der Waals surface area contributed by atoms with Crippen molar-refractivity contribution in [1.82, 2.24) is 30.8 Å². The van der Waals surface area contributed by atoms with E-state index in [4.69, 9.17) is 10.5 Å². The molecule has 2 aromatic heterocycles. The number of ether oxygens (including phenoxy) is 1. The SMILES string of the molecule is CC(C)[C@H](NC(=O)N(C)Cc1csc(N)n1)C(=O)N[C@@H](Cc1ccccc1)C[C@H](O)[C@H](Cc1ccccc1)NC(=O)OCc1cccnc1. The number of urea groups is 1. The van der Waals surface area contributed by atoms with Gasteiger partial charge in [0, 0.05) is 36.4 Å². The van der Waals surface area contributed by atoms with Crippen LogP contribution in [0.25, 0.3) is 0 Å². The summed E-state index contributed by atoms with van der Waals surface area (Å²) in [6, 6.07) is 20.1. The van der Waals surface area contributed by atoms with E-state index in [-0.39, 0.29) is 31.4 Å². The average Bonchev–Trinajstić information content (AvgIpc) is 3.50. The lowest BCUT2D eigenvalue weighted by molar-refractivity contribution is -0.124. The summed E-state index contributed by atoms with van der Waals surface area (Å²) in [5.74, 6) is -0.622. The smallest absolute Gasteiger partial charge is 0.407 e. The van der Waals surface area contributed by atoms with Crippen LogP contribution in [0.1, 0.15) is 42.7 Å². The van der Waals surface area contributed by atoms with Crippen molar-refractivity contribution >= 4 is 34.5 Å². The van der Waals surface area contributed by atoms with Crippen molar-refractivity contribution in [3.63, 3.8) is 0 Å². The molecule has 4 atom stereocenters. The standard InChI is InChI=1S/C36H45N7O5S/c1-24(2)32(42-35(46)43(3)21-29-23-49-34(37)40-29)33(45)39-28(17-25-11-6-4-7-12-25)19-31(44)30(18-26-13-8-5-9-14-26)41-36(47)48-22-27-15-10-16-38-20-27/h4-16,20,23-24,28,30-32,44H,17-19,21-22H2,1-3H3,(H2,37,40)(H,39,45)(H,41,47)(H,42,46)/t28-,30-,31-,32-/m0/s1. The molecule has 0 radical (unpaired) electrons. The van der Waals surface area contributed by atoms with E-state index in [0.717, 1.165) is 16.7 Å². The molecule has 0 unspecified atom stereocenters. The number of alkyl carbamates (subject to hydrolysis) is 1. The minimum atomic E-state index is -1.07. The van der Waals surface area contributed by atoms with Crippen molar-refractivity contribution in [2.24, 2.45) is 5.92 Å². The van der Waals surface area contributed by atoms with Gasteiger partial charge in [0.05, 0.1) is 24.4 Å². The van der Waals surface area contributed by atoms with Gasteiger partial charge in [-0.25, -0.2) is 14.6 Å². The lowest BCUT2D eigenvalue weighted by Crippen LogP contribution is -2.55. The number of benzene rings is 2. The Kier molecular flexibility index (Phi) is 13.9. The molecule has 0 aliphatic carbocycles. The van der Waals surface area contributed by atoms with E-state index in [1.165, 1.54) is 16.2 Å². The number of hydrogen-bond acceptors (Lipinski definition) is 9. The average molecular weight is 688 g/mol. The van der Waals surface area contributed by atoms with E-state index in [0.29, 0.717) is 23.7 Å². The van der Waals surface area contributed by atoms with E-state index in [1.54, 1.807) is 37.0 Å². The fraction of sp³-hybridized carbons (Fsp3) is 0.361. The minimum Gasteiger partial charge on any atom is -0.445 e. The van der Waals surface area contributed by atoms with Gasteiger partial charge >= 0.3 is 12.1 Å². The third-order valence-electron chi connectivity index (χ3n) is 7.90. The molecule has 2 aromatic carbocycles. The monoisotopic (exact) mass is 687 g/mol. The van der Waals surface area contributed by atoms with Crippen molar-refractivity contribution in [2.75, 3.05) is 12.8 Å². The summed E-state index contributed by atoms with van der Waals surface area (Å²) in [5.41, 5.74) is 8.98. The highest BCUT2D eigenvalue weighted by Crippen LogP contribution is 2.16. The fourth-order valence-corrected chi connectivity index (χ4v) is 5.86. The van der Waals surface area contributed by atoms with Crippen molar-refractivity contribution < 1.29 is 24.2 Å². The second kappa shape index (κ2) is 18.5. The van der Waals surface area contributed by atoms with Crippen LogP contribution in [-0.4, -0.2) is 69.3 Å². The summed E-state index contributed by atoms with van der Waals surface area (Å²) < 4.78 is 5.44. The molecule has 49 heavy (non-hydrogen) atoms. The molecule has 4 amide bonds. The number of nitrogens with two attached hydrogens (primary N) is 1. The Morgan fingerprint density at radius 3 is 2.16 bits per heavy atom. The molecule has 0 aliphatic rings. The highest BCUT2D eigenvalue weighted by molar-refractivity contribution is 7.13. The van der Waals surface area contributed by atoms with Crippen molar-refractivity contribution in [2.45, 2.75) is 70.5 Å². The quantitative estimate of drug-likeness (QED) is 0.116. The third-order valence-corrected chi connectivity index (χ3v) is 8.62. The maximum absolute atomic E-state index is 13.8. The van der Waals surface area contributed by atoms with Gasteiger partial charge in [0.15, 0.2) is 5.13 Å². The first kappa shape index (κ1) is 36.8. The Hall–Kier alpha value is -5.01. The number of aliphatic hydroxyl groups is 1. The van der Waals surface area contributed by atoms with Crippen molar-refractivity contribution in [3.8, 4) is 0 Å². The van der Waals surface area contributed by atoms with Gasteiger partial charge < -0.3 is 36.4 Å². The van der Waals surface area contributed by atoms with E-state index in [2.05, 4.69) is 25.9 Å². The summed E-state index contributed by atoms with van der Waals surface area (Å²) in [6.45, 7) is 3.96. The lowest BCUT2D eigenvalue weighted by Gasteiger charge is -2.30. The molecule has 4 rings (SSSR count). The van der Waals surface area contributed by atoms with Crippen LogP contribution in [-0.2, 0) is 35.5 Å². The molecule has 13 heteroatoms. The van der Waals surface area contributed by atoms with Gasteiger partial charge in [0.1, 0.15) is 12.6 Å². The zero-order chi connectivity index (χ0) is 35.2. The van der Waals surface area contributed by atoms with Gasteiger partial charge in [-0.15, -0.1) is 11.3 Å². The van der Waals surface area contributed by atoms with Gasteiger partial charge in [0.25, 0.3) is 0 Å². The maximum Gasteiger partial charge on any atom is 0.407 e. The number of amides is 4. The number of rotatable bonds is 16. The van der Waals surface area contributed by atoms with E-state index in [9.17, 15) is 19.5 Å². The van der Waals surface area contributed by atoms with Crippen LogP contribution < -0.4 is 21.7 Å². The number of carbonyl (C=O) groups excluding carboxylic acids is 3. The van der Waals surface area contributed by atoms with Crippen molar-refractivity contribution in [3.05, 3.63) is 113 Å². The number of hydrogen-bond donors (Lipinski definition) is 5. The minimum absolute atomic E-state index is 0.0237. The predicted octanol–water partition coefficient (Wildman–Crippen LogP) is 4.30. The molecule has 0 spiro atoms. The first-order valence-electron chi connectivity index (χ1n) is 16.2. The summed E-state index contributed by atoms with van der Waals surface area (Å²) in [4.78, 5) is 49.5. The topological polar surface area (TPSA) is 172 Å². The maximum atomic E-state index is 13.8.